The van der Waals surface area contributed by atoms with E-state index < -0.39 is 0 Å². The molecule has 3 heteroatoms. The molecule has 3 rings (SSSR count). The van der Waals surface area contributed by atoms with Gasteiger partial charge < -0.3 is 10.1 Å². The van der Waals surface area contributed by atoms with Crippen molar-refractivity contribution in [3.8, 4) is 0 Å². The maximum Gasteiger partial charge on any atom is 0.0652 e. The minimum atomic E-state index is 0.250. The summed E-state index contributed by atoms with van der Waals surface area (Å²) in [6.07, 6.45) is 6.88. The molecule has 3 unspecified atom stereocenters. The standard InChI is InChI=1S/C17H27NOS/c1-11(18-15-10-16(19-4)17(15,2)3)14-9-12-7-5-6-8-13(12)20-14/h9,11,15-16,18H,5-8,10H2,1-4H3. The van der Waals surface area contributed by atoms with Gasteiger partial charge in [0, 0.05) is 34.4 Å². The topological polar surface area (TPSA) is 21.3 Å². The van der Waals surface area contributed by atoms with E-state index in [1.54, 1.807) is 10.4 Å². The van der Waals surface area contributed by atoms with Crippen molar-refractivity contribution in [2.75, 3.05) is 7.11 Å². The van der Waals surface area contributed by atoms with E-state index in [1.165, 1.54) is 30.6 Å². The van der Waals surface area contributed by atoms with E-state index in [-0.39, 0.29) is 5.41 Å². The molecule has 1 heterocycles. The van der Waals surface area contributed by atoms with E-state index in [9.17, 15) is 0 Å². The minimum absolute atomic E-state index is 0.250. The molecule has 0 spiro atoms. The van der Waals surface area contributed by atoms with Crippen LogP contribution >= 0.6 is 11.3 Å². The van der Waals surface area contributed by atoms with Crippen LogP contribution in [-0.2, 0) is 17.6 Å². The van der Waals surface area contributed by atoms with Crippen LogP contribution in [0.5, 0.6) is 0 Å². The highest BCUT2D eigenvalue weighted by atomic mass is 32.1. The normalized spacial score (nSPS) is 29.6. The second-order valence-corrected chi connectivity index (χ2v) is 8.19. The van der Waals surface area contributed by atoms with E-state index in [2.05, 4.69) is 32.2 Å². The Morgan fingerprint density at radius 3 is 2.75 bits per heavy atom. The molecule has 112 valence electrons. The van der Waals surface area contributed by atoms with Gasteiger partial charge in [-0.05, 0) is 50.7 Å². The Morgan fingerprint density at radius 1 is 1.35 bits per heavy atom. The van der Waals surface area contributed by atoms with Crippen molar-refractivity contribution in [3.05, 3.63) is 21.4 Å². The molecule has 2 aliphatic rings. The summed E-state index contributed by atoms with van der Waals surface area (Å²) < 4.78 is 5.55. The zero-order chi connectivity index (χ0) is 14.3. The zero-order valence-corrected chi connectivity index (χ0v) is 14.0. The van der Waals surface area contributed by atoms with Crippen molar-refractivity contribution in [2.24, 2.45) is 5.41 Å². The third-order valence-electron chi connectivity index (χ3n) is 5.36. The van der Waals surface area contributed by atoms with Crippen molar-refractivity contribution in [1.29, 1.82) is 0 Å². The lowest BCUT2D eigenvalue weighted by Crippen LogP contribution is -2.60. The number of hydrogen-bond acceptors (Lipinski definition) is 3. The van der Waals surface area contributed by atoms with E-state index in [0.717, 1.165) is 6.42 Å². The molecule has 0 aliphatic heterocycles. The van der Waals surface area contributed by atoms with Crippen LogP contribution in [0.2, 0.25) is 0 Å². The van der Waals surface area contributed by atoms with Crippen LogP contribution in [0.3, 0.4) is 0 Å². The molecule has 3 atom stereocenters. The van der Waals surface area contributed by atoms with Gasteiger partial charge in [0.15, 0.2) is 0 Å². The summed E-state index contributed by atoms with van der Waals surface area (Å²) in [5, 5.41) is 3.83. The summed E-state index contributed by atoms with van der Waals surface area (Å²) in [5.74, 6) is 0. The molecule has 2 aliphatic carbocycles. The summed E-state index contributed by atoms with van der Waals surface area (Å²) in [6, 6.07) is 3.49. The Kier molecular flexibility index (Phi) is 3.95. The lowest BCUT2D eigenvalue weighted by atomic mass is 9.64. The van der Waals surface area contributed by atoms with Gasteiger partial charge in [-0.15, -0.1) is 11.3 Å². The summed E-state index contributed by atoms with van der Waals surface area (Å²) in [6.45, 7) is 6.94. The van der Waals surface area contributed by atoms with Gasteiger partial charge in [0.05, 0.1) is 6.10 Å². The molecule has 0 saturated heterocycles. The molecule has 0 amide bonds. The second kappa shape index (κ2) is 5.43. The fourth-order valence-corrected chi connectivity index (χ4v) is 4.95. The number of aryl methyl sites for hydroxylation is 2. The monoisotopic (exact) mass is 293 g/mol. The Bertz CT molecular complexity index is 456. The van der Waals surface area contributed by atoms with Gasteiger partial charge in [0.1, 0.15) is 0 Å². The Labute approximate surface area is 126 Å². The number of hydrogen-bond donors (Lipinski definition) is 1. The Balaban J connectivity index is 1.65. The fraction of sp³-hybridized carbons (Fsp3) is 0.765. The average Bonchev–Trinajstić information content (AvgIpc) is 2.86. The number of methoxy groups -OCH3 is 1. The first kappa shape index (κ1) is 14.6. The summed E-state index contributed by atoms with van der Waals surface area (Å²) in [7, 11) is 1.83. The highest BCUT2D eigenvalue weighted by Crippen LogP contribution is 2.44. The lowest BCUT2D eigenvalue weighted by Gasteiger charge is -2.52. The predicted octanol–water partition coefficient (Wildman–Crippen LogP) is 4.09. The maximum absolute atomic E-state index is 5.55. The summed E-state index contributed by atoms with van der Waals surface area (Å²) in [5.41, 5.74) is 1.87. The number of thiophene rings is 1. The molecule has 20 heavy (non-hydrogen) atoms. The maximum atomic E-state index is 5.55. The third-order valence-corrected chi connectivity index (χ3v) is 6.78. The fourth-order valence-electron chi connectivity index (χ4n) is 3.68. The predicted molar refractivity (Wildman–Crippen MR) is 85.5 cm³/mol. The van der Waals surface area contributed by atoms with Crippen molar-refractivity contribution in [3.63, 3.8) is 0 Å². The largest absolute Gasteiger partial charge is 0.381 e. The van der Waals surface area contributed by atoms with Crippen LogP contribution in [0.15, 0.2) is 6.07 Å². The first-order valence-electron chi connectivity index (χ1n) is 7.92. The Morgan fingerprint density at radius 2 is 2.10 bits per heavy atom. The van der Waals surface area contributed by atoms with Crippen LogP contribution in [0.25, 0.3) is 0 Å². The van der Waals surface area contributed by atoms with Crippen molar-refractivity contribution < 1.29 is 4.74 Å². The van der Waals surface area contributed by atoms with Gasteiger partial charge in [-0.1, -0.05) is 13.8 Å². The molecule has 0 bridgehead atoms. The quantitative estimate of drug-likeness (QED) is 0.902. The highest BCUT2D eigenvalue weighted by molar-refractivity contribution is 7.12. The molecule has 0 radical (unpaired) electrons. The van der Waals surface area contributed by atoms with E-state index >= 15 is 0 Å². The molecular formula is C17H27NOS. The lowest BCUT2D eigenvalue weighted by molar-refractivity contribution is -0.0998. The highest BCUT2D eigenvalue weighted by Gasteiger charge is 2.48. The van der Waals surface area contributed by atoms with Crippen LogP contribution in [0, 0.1) is 5.41 Å². The SMILES string of the molecule is COC1CC(NC(C)c2cc3c(s2)CCCC3)C1(C)C. The number of fused-ring (bicyclic) bond motifs is 1. The second-order valence-electron chi connectivity index (χ2n) is 7.03. The molecule has 0 aromatic carbocycles. The van der Waals surface area contributed by atoms with Crippen molar-refractivity contribution >= 4 is 11.3 Å². The summed E-state index contributed by atoms with van der Waals surface area (Å²) in [4.78, 5) is 3.16. The Hall–Kier alpha value is -0.380. The van der Waals surface area contributed by atoms with Crippen LogP contribution in [-0.4, -0.2) is 19.3 Å². The number of ether oxygens (including phenoxy) is 1. The molecule has 2 nitrogen and oxygen atoms in total. The van der Waals surface area contributed by atoms with Crippen LogP contribution < -0.4 is 5.32 Å². The smallest absolute Gasteiger partial charge is 0.0652 e. The van der Waals surface area contributed by atoms with Gasteiger partial charge in [0.2, 0.25) is 0 Å². The molecule has 1 N–H and O–H groups in total. The van der Waals surface area contributed by atoms with Gasteiger partial charge in [-0.2, -0.15) is 0 Å². The number of nitrogens with one attached hydrogen (secondary N) is 1. The first-order chi connectivity index (χ1) is 9.52. The van der Waals surface area contributed by atoms with E-state index in [1.807, 2.05) is 18.4 Å². The van der Waals surface area contributed by atoms with Crippen molar-refractivity contribution in [2.45, 2.75) is 71.1 Å². The number of rotatable bonds is 4. The van der Waals surface area contributed by atoms with Gasteiger partial charge in [-0.25, -0.2) is 0 Å². The van der Waals surface area contributed by atoms with E-state index in [4.69, 9.17) is 4.74 Å². The van der Waals surface area contributed by atoms with Gasteiger partial charge in [0.25, 0.3) is 0 Å². The minimum Gasteiger partial charge on any atom is -0.381 e. The molecule has 1 aromatic heterocycles. The van der Waals surface area contributed by atoms with E-state index in [0.29, 0.717) is 18.2 Å². The average molecular weight is 293 g/mol. The van der Waals surface area contributed by atoms with Crippen molar-refractivity contribution in [1.82, 2.24) is 5.32 Å². The molecule has 1 saturated carbocycles. The molecule has 1 fully saturated rings. The third kappa shape index (κ3) is 2.44. The van der Waals surface area contributed by atoms with Gasteiger partial charge >= 0.3 is 0 Å². The zero-order valence-electron chi connectivity index (χ0n) is 13.2. The molecular weight excluding hydrogens is 266 g/mol. The van der Waals surface area contributed by atoms with Crippen LogP contribution in [0.1, 0.15) is 61.4 Å². The summed E-state index contributed by atoms with van der Waals surface area (Å²) >= 11 is 2.03. The first-order valence-corrected chi connectivity index (χ1v) is 8.74. The van der Waals surface area contributed by atoms with Gasteiger partial charge in [-0.3, -0.25) is 0 Å². The van der Waals surface area contributed by atoms with Crippen LogP contribution in [0.4, 0.5) is 0 Å². The molecule has 1 aromatic rings.